The summed E-state index contributed by atoms with van der Waals surface area (Å²) in [5.74, 6) is 0.0801. The number of likely N-dealkylation sites (N-methyl/N-ethyl adjacent to an activating group) is 1. The van der Waals surface area contributed by atoms with Crippen LogP contribution in [0.3, 0.4) is 0 Å². The van der Waals surface area contributed by atoms with E-state index in [0.717, 1.165) is 11.1 Å². The van der Waals surface area contributed by atoms with E-state index in [1.54, 1.807) is 0 Å². The van der Waals surface area contributed by atoms with Crippen LogP contribution in [-0.4, -0.2) is 60.3 Å². The number of carbonyl (C=O) groups excluding carboxylic acids is 2. The Labute approximate surface area is 147 Å². The maximum absolute atomic E-state index is 13.1. The lowest BCUT2D eigenvalue weighted by atomic mass is 9.87. The largest absolute Gasteiger partial charge is 0.370 e. The lowest BCUT2D eigenvalue weighted by molar-refractivity contribution is -0.139. The molecule has 1 aromatic rings. The van der Waals surface area contributed by atoms with Crippen molar-refractivity contribution in [3.63, 3.8) is 0 Å². The van der Waals surface area contributed by atoms with Gasteiger partial charge in [-0.05, 0) is 39.4 Å². The molecular formula is C18H25N5O2. The zero-order chi connectivity index (χ0) is 18.2. The summed E-state index contributed by atoms with van der Waals surface area (Å²) in [7, 11) is 3.82. The fourth-order valence-electron chi connectivity index (χ4n) is 3.65. The number of benzene rings is 1. The summed E-state index contributed by atoms with van der Waals surface area (Å²) < 4.78 is 0. The second kappa shape index (κ2) is 6.48. The van der Waals surface area contributed by atoms with Gasteiger partial charge in [-0.15, -0.1) is 0 Å². The summed E-state index contributed by atoms with van der Waals surface area (Å²) in [6.45, 7) is 3.02. The van der Waals surface area contributed by atoms with Crippen LogP contribution >= 0.6 is 0 Å². The molecule has 0 saturated carbocycles. The standard InChI is InChI=1S/C18H25N5O2/c1-12-5-4-6-13(11-12)14(22(2)3)15(24)23-9-7-18(8-10-23)16(25)20-17(19)21-18/h4-6,11,14H,7-10H2,1-3H3,(H3,19,20,21,25). The van der Waals surface area contributed by atoms with E-state index in [2.05, 4.69) is 10.3 Å². The first-order valence-corrected chi connectivity index (χ1v) is 8.51. The van der Waals surface area contributed by atoms with E-state index in [1.165, 1.54) is 0 Å². The molecule has 134 valence electrons. The van der Waals surface area contributed by atoms with Crippen molar-refractivity contribution in [2.24, 2.45) is 10.7 Å². The zero-order valence-electron chi connectivity index (χ0n) is 15.0. The van der Waals surface area contributed by atoms with Crippen LogP contribution in [0.2, 0.25) is 0 Å². The Hall–Kier alpha value is -2.41. The van der Waals surface area contributed by atoms with E-state index < -0.39 is 5.54 Å². The number of aliphatic imine (C=N–C) groups is 1. The molecule has 1 fully saturated rings. The molecule has 0 bridgehead atoms. The molecule has 1 aromatic carbocycles. The van der Waals surface area contributed by atoms with Gasteiger partial charge in [-0.25, -0.2) is 4.99 Å². The van der Waals surface area contributed by atoms with Crippen molar-refractivity contribution in [1.29, 1.82) is 0 Å². The Kier molecular flexibility index (Phi) is 4.51. The first-order valence-electron chi connectivity index (χ1n) is 8.51. The predicted octanol–water partition coefficient (Wildman–Crippen LogP) is 0.403. The van der Waals surface area contributed by atoms with Crippen LogP contribution in [0.5, 0.6) is 0 Å². The minimum atomic E-state index is -0.794. The number of carbonyl (C=O) groups is 2. The Morgan fingerprint density at radius 3 is 2.56 bits per heavy atom. The van der Waals surface area contributed by atoms with E-state index in [-0.39, 0.29) is 23.8 Å². The summed E-state index contributed by atoms with van der Waals surface area (Å²) >= 11 is 0. The molecule has 1 spiro atoms. The van der Waals surface area contributed by atoms with Crippen molar-refractivity contribution in [3.8, 4) is 0 Å². The number of aryl methyl sites for hydroxylation is 1. The molecule has 0 aliphatic carbocycles. The molecule has 2 amide bonds. The molecule has 7 heteroatoms. The summed E-state index contributed by atoms with van der Waals surface area (Å²) in [5.41, 5.74) is 6.95. The van der Waals surface area contributed by atoms with Gasteiger partial charge in [-0.3, -0.25) is 19.8 Å². The van der Waals surface area contributed by atoms with Gasteiger partial charge in [0.2, 0.25) is 5.91 Å². The highest BCUT2D eigenvalue weighted by molar-refractivity contribution is 6.06. The van der Waals surface area contributed by atoms with Crippen LogP contribution in [-0.2, 0) is 9.59 Å². The van der Waals surface area contributed by atoms with Gasteiger partial charge < -0.3 is 10.6 Å². The van der Waals surface area contributed by atoms with Crippen LogP contribution in [0.15, 0.2) is 29.3 Å². The van der Waals surface area contributed by atoms with Gasteiger partial charge in [-0.2, -0.15) is 0 Å². The van der Waals surface area contributed by atoms with Gasteiger partial charge in [-0.1, -0.05) is 29.8 Å². The van der Waals surface area contributed by atoms with Gasteiger partial charge in [0.25, 0.3) is 5.91 Å². The van der Waals surface area contributed by atoms with Crippen LogP contribution in [0, 0.1) is 6.92 Å². The monoisotopic (exact) mass is 343 g/mol. The third-order valence-corrected chi connectivity index (χ3v) is 5.01. The van der Waals surface area contributed by atoms with Crippen LogP contribution < -0.4 is 11.1 Å². The summed E-state index contributed by atoms with van der Waals surface area (Å²) in [6, 6.07) is 7.69. The molecule has 2 aliphatic rings. The second-order valence-electron chi connectivity index (χ2n) is 7.09. The summed E-state index contributed by atoms with van der Waals surface area (Å²) in [6.07, 6.45) is 0.998. The van der Waals surface area contributed by atoms with Gasteiger partial charge in [0, 0.05) is 13.1 Å². The number of nitrogens with two attached hydrogens (primary N) is 1. The van der Waals surface area contributed by atoms with E-state index >= 15 is 0 Å². The number of rotatable bonds is 3. The lowest BCUT2D eigenvalue weighted by Gasteiger charge is -2.38. The molecule has 2 aliphatic heterocycles. The zero-order valence-corrected chi connectivity index (χ0v) is 15.0. The second-order valence-corrected chi connectivity index (χ2v) is 7.09. The number of nitrogens with one attached hydrogen (secondary N) is 1. The Balaban J connectivity index is 1.76. The number of likely N-dealkylation sites (tertiary alicyclic amines) is 1. The third-order valence-electron chi connectivity index (χ3n) is 5.01. The Morgan fingerprint density at radius 2 is 2.04 bits per heavy atom. The number of hydrogen-bond donors (Lipinski definition) is 2. The number of amides is 2. The number of guanidine groups is 1. The molecule has 7 nitrogen and oxygen atoms in total. The number of piperidine rings is 1. The van der Waals surface area contributed by atoms with Crippen molar-refractivity contribution in [1.82, 2.24) is 15.1 Å². The first kappa shape index (κ1) is 17.4. The van der Waals surface area contributed by atoms with Crippen molar-refractivity contribution >= 4 is 17.8 Å². The molecule has 1 unspecified atom stereocenters. The number of hydrogen-bond acceptors (Lipinski definition) is 5. The minimum absolute atomic E-state index is 0.0563. The highest BCUT2D eigenvalue weighted by atomic mass is 16.2. The molecule has 2 heterocycles. The van der Waals surface area contributed by atoms with Crippen LogP contribution in [0.25, 0.3) is 0 Å². The number of nitrogens with zero attached hydrogens (tertiary/aromatic N) is 3. The quantitative estimate of drug-likeness (QED) is 0.831. The average molecular weight is 343 g/mol. The van der Waals surface area contributed by atoms with Crippen molar-refractivity contribution in [2.45, 2.75) is 31.3 Å². The normalized spacial score (nSPS) is 20.6. The fraction of sp³-hybridized carbons (Fsp3) is 0.500. The topological polar surface area (TPSA) is 91.0 Å². The summed E-state index contributed by atoms with van der Waals surface area (Å²) in [4.78, 5) is 33.3. The molecule has 3 N–H and O–H groups in total. The molecule has 3 rings (SSSR count). The maximum atomic E-state index is 13.1. The third kappa shape index (κ3) is 3.24. The smallest absolute Gasteiger partial charge is 0.254 e. The van der Waals surface area contributed by atoms with Crippen LogP contribution in [0.4, 0.5) is 0 Å². The lowest BCUT2D eigenvalue weighted by Crippen LogP contribution is -2.52. The van der Waals surface area contributed by atoms with Gasteiger partial charge in [0.05, 0.1) is 0 Å². The van der Waals surface area contributed by atoms with E-state index in [1.807, 2.05) is 55.1 Å². The van der Waals surface area contributed by atoms with E-state index in [0.29, 0.717) is 25.9 Å². The summed E-state index contributed by atoms with van der Waals surface area (Å²) in [5, 5.41) is 2.57. The van der Waals surface area contributed by atoms with E-state index in [4.69, 9.17) is 5.73 Å². The highest BCUT2D eigenvalue weighted by Crippen LogP contribution is 2.31. The SMILES string of the molecule is Cc1cccc(C(C(=O)N2CCC3(CC2)N=C(N)NC3=O)N(C)C)c1. The molecule has 1 saturated heterocycles. The average Bonchev–Trinajstić information content (AvgIpc) is 2.81. The molecule has 25 heavy (non-hydrogen) atoms. The fourth-order valence-corrected chi connectivity index (χ4v) is 3.65. The maximum Gasteiger partial charge on any atom is 0.254 e. The first-order chi connectivity index (χ1) is 11.8. The highest BCUT2D eigenvalue weighted by Gasteiger charge is 2.46. The Morgan fingerprint density at radius 1 is 1.36 bits per heavy atom. The molecule has 0 aromatic heterocycles. The molecule has 0 radical (unpaired) electrons. The Bertz CT molecular complexity index is 720. The van der Waals surface area contributed by atoms with Gasteiger partial charge in [0.15, 0.2) is 5.96 Å². The van der Waals surface area contributed by atoms with Gasteiger partial charge in [0.1, 0.15) is 11.6 Å². The van der Waals surface area contributed by atoms with Crippen molar-refractivity contribution in [3.05, 3.63) is 35.4 Å². The minimum Gasteiger partial charge on any atom is -0.370 e. The van der Waals surface area contributed by atoms with Crippen LogP contribution in [0.1, 0.15) is 30.0 Å². The van der Waals surface area contributed by atoms with Crippen molar-refractivity contribution in [2.75, 3.05) is 27.2 Å². The predicted molar refractivity (Wildman–Crippen MR) is 95.9 cm³/mol. The molecular weight excluding hydrogens is 318 g/mol. The van der Waals surface area contributed by atoms with E-state index in [9.17, 15) is 9.59 Å². The molecule has 1 atom stereocenters. The van der Waals surface area contributed by atoms with Gasteiger partial charge >= 0.3 is 0 Å². The van der Waals surface area contributed by atoms with Crippen molar-refractivity contribution < 1.29 is 9.59 Å².